The van der Waals surface area contributed by atoms with E-state index in [-0.39, 0.29) is 0 Å². The molecule has 30 heavy (non-hydrogen) atoms. The number of rotatable bonds is 8. The maximum absolute atomic E-state index is 5.54. The van der Waals surface area contributed by atoms with Gasteiger partial charge in [-0.2, -0.15) is 5.10 Å². The fourth-order valence-corrected chi connectivity index (χ4v) is 3.52. The van der Waals surface area contributed by atoms with Crippen molar-refractivity contribution in [2.24, 2.45) is 0 Å². The van der Waals surface area contributed by atoms with Crippen molar-refractivity contribution in [3.05, 3.63) is 96.2 Å². The Labute approximate surface area is 176 Å². The van der Waals surface area contributed by atoms with Gasteiger partial charge in [-0.1, -0.05) is 60.7 Å². The highest BCUT2D eigenvalue weighted by atomic mass is 16.5. The van der Waals surface area contributed by atoms with Crippen LogP contribution in [-0.2, 0) is 13.1 Å². The van der Waals surface area contributed by atoms with E-state index < -0.39 is 0 Å². The van der Waals surface area contributed by atoms with Crippen molar-refractivity contribution in [1.29, 1.82) is 0 Å². The summed E-state index contributed by atoms with van der Waals surface area (Å²) in [5.41, 5.74) is 5.29. The van der Waals surface area contributed by atoms with E-state index in [1.807, 2.05) is 59.3 Å². The Balaban J connectivity index is 1.59. The first kappa shape index (κ1) is 19.7. The third kappa shape index (κ3) is 4.21. The van der Waals surface area contributed by atoms with Crippen LogP contribution in [0.3, 0.4) is 0 Å². The number of benzene rings is 3. The molecule has 0 atom stereocenters. The number of para-hydroxylation sites is 2. The minimum atomic E-state index is 0.658. The lowest BCUT2D eigenvalue weighted by Gasteiger charge is -2.13. The summed E-state index contributed by atoms with van der Waals surface area (Å²) in [6.07, 6.45) is 2.09. The van der Waals surface area contributed by atoms with Gasteiger partial charge in [0.1, 0.15) is 0 Å². The van der Waals surface area contributed by atoms with Crippen LogP contribution < -0.4 is 14.8 Å². The molecule has 0 aliphatic heterocycles. The molecule has 4 aromatic rings. The average Bonchev–Trinajstić information content (AvgIpc) is 3.24. The minimum absolute atomic E-state index is 0.658. The summed E-state index contributed by atoms with van der Waals surface area (Å²) in [6, 6.07) is 26.3. The topological polar surface area (TPSA) is 48.3 Å². The second-order valence-corrected chi connectivity index (χ2v) is 6.91. The largest absolute Gasteiger partial charge is 0.493 e. The highest BCUT2D eigenvalue weighted by Gasteiger charge is 2.13. The summed E-state index contributed by atoms with van der Waals surface area (Å²) in [4.78, 5) is 0. The summed E-state index contributed by atoms with van der Waals surface area (Å²) in [7, 11) is 3.32. The van der Waals surface area contributed by atoms with E-state index in [0.717, 1.165) is 39.6 Å². The van der Waals surface area contributed by atoms with E-state index in [9.17, 15) is 0 Å². The summed E-state index contributed by atoms with van der Waals surface area (Å²) >= 11 is 0. The Hall–Kier alpha value is -3.57. The van der Waals surface area contributed by atoms with Crippen LogP contribution in [0.4, 0.5) is 0 Å². The number of ether oxygens (including phenoxy) is 2. The molecule has 0 saturated heterocycles. The van der Waals surface area contributed by atoms with E-state index in [2.05, 4.69) is 35.8 Å². The Bertz CT molecular complexity index is 1090. The van der Waals surface area contributed by atoms with Gasteiger partial charge in [-0.25, -0.2) is 4.68 Å². The molecule has 0 aliphatic carbocycles. The molecule has 0 spiro atoms. The molecule has 1 aromatic heterocycles. The second kappa shape index (κ2) is 9.29. The van der Waals surface area contributed by atoms with E-state index >= 15 is 0 Å². The molecule has 0 bridgehead atoms. The molecule has 1 heterocycles. The molecule has 0 amide bonds. The van der Waals surface area contributed by atoms with Crippen LogP contribution in [0, 0.1) is 0 Å². The molecule has 4 rings (SSSR count). The van der Waals surface area contributed by atoms with Crippen LogP contribution in [0.1, 0.15) is 11.1 Å². The van der Waals surface area contributed by atoms with Crippen LogP contribution in [0.25, 0.3) is 16.9 Å². The number of nitrogens with one attached hydrogen (secondary N) is 1. The predicted molar refractivity (Wildman–Crippen MR) is 119 cm³/mol. The molecule has 152 valence electrons. The monoisotopic (exact) mass is 399 g/mol. The molecule has 0 aliphatic rings. The van der Waals surface area contributed by atoms with Crippen molar-refractivity contribution in [1.82, 2.24) is 15.1 Å². The van der Waals surface area contributed by atoms with Gasteiger partial charge in [-0.3, -0.25) is 0 Å². The number of nitrogens with zero attached hydrogens (tertiary/aromatic N) is 2. The van der Waals surface area contributed by atoms with Crippen LogP contribution in [0.2, 0.25) is 0 Å². The predicted octanol–water partition coefficient (Wildman–Crippen LogP) is 4.85. The van der Waals surface area contributed by atoms with Crippen molar-refractivity contribution in [3.8, 4) is 28.4 Å². The van der Waals surface area contributed by atoms with Crippen molar-refractivity contribution in [3.63, 3.8) is 0 Å². The maximum atomic E-state index is 5.54. The lowest BCUT2D eigenvalue weighted by molar-refractivity contribution is 0.350. The summed E-state index contributed by atoms with van der Waals surface area (Å²) in [5, 5.41) is 8.40. The minimum Gasteiger partial charge on any atom is -0.493 e. The Morgan fingerprint density at radius 1 is 0.767 bits per heavy atom. The summed E-state index contributed by atoms with van der Waals surface area (Å²) < 4.78 is 12.9. The summed E-state index contributed by atoms with van der Waals surface area (Å²) in [5.74, 6) is 1.49. The van der Waals surface area contributed by atoms with Gasteiger partial charge in [-0.15, -0.1) is 0 Å². The molecular weight excluding hydrogens is 374 g/mol. The number of methoxy groups -OCH3 is 2. The van der Waals surface area contributed by atoms with E-state index in [1.54, 1.807) is 14.2 Å². The standard InChI is InChI=1S/C25H25N3O2/c1-29-23-15-9-12-20(25(23)30-2)16-26-17-21-18-28(22-13-7-4-8-14-22)27-24(21)19-10-5-3-6-11-19/h3-15,18,26H,16-17H2,1-2H3. The molecule has 5 heteroatoms. The van der Waals surface area contributed by atoms with Gasteiger partial charge >= 0.3 is 0 Å². The van der Waals surface area contributed by atoms with Crippen molar-refractivity contribution >= 4 is 0 Å². The molecular formula is C25H25N3O2. The molecule has 5 nitrogen and oxygen atoms in total. The number of hydrogen-bond acceptors (Lipinski definition) is 4. The highest BCUT2D eigenvalue weighted by molar-refractivity contribution is 5.63. The van der Waals surface area contributed by atoms with Crippen LogP contribution >= 0.6 is 0 Å². The lowest BCUT2D eigenvalue weighted by Crippen LogP contribution is -2.14. The molecule has 0 radical (unpaired) electrons. The maximum Gasteiger partial charge on any atom is 0.165 e. The van der Waals surface area contributed by atoms with Crippen LogP contribution in [-0.4, -0.2) is 24.0 Å². The quantitative estimate of drug-likeness (QED) is 0.460. The Kier molecular flexibility index (Phi) is 6.11. The Morgan fingerprint density at radius 2 is 1.47 bits per heavy atom. The van der Waals surface area contributed by atoms with Crippen molar-refractivity contribution in [2.45, 2.75) is 13.1 Å². The average molecular weight is 399 g/mol. The SMILES string of the molecule is COc1cccc(CNCc2cn(-c3ccccc3)nc2-c2ccccc2)c1OC. The summed E-state index contributed by atoms with van der Waals surface area (Å²) in [6.45, 7) is 1.34. The zero-order valence-corrected chi connectivity index (χ0v) is 17.2. The fraction of sp³-hybridized carbons (Fsp3) is 0.160. The van der Waals surface area contributed by atoms with Crippen LogP contribution in [0.15, 0.2) is 85.1 Å². The third-order valence-corrected chi connectivity index (χ3v) is 4.97. The number of aromatic nitrogens is 2. The smallest absolute Gasteiger partial charge is 0.165 e. The first-order chi connectivity index (χ1) is 14.8. The first-order valence-corrected chi connectivity index (χ1v) is 9.90. The number of hydrogen-bond donors (Lipinski definition) is 1. The fourth-order valence-electron chi connectivity index (χ4n) is 3.52. The first-order valence-electron chi connectivity index (χ1n) is 9.90. The van der Waals surface area contributed by atoms with Gasteiger partial charge in [-0.05, 0) is 18.2 Å². The van der Waals surface area contributed by atoms with Gasteiger partial charge in [0.2, 0.25) is 0 Å². The molecule has 0 unspecified atom stereocenters. The van der Waals surface area contributed by atoms with E-state index in [1.165, 1.54) is 0 Å². The lowest BCUT2D eigenvalue weighted by atomic mass is 10.1. The molecule has 3 aromatic carbocycles. The van der Waals surface area contributed by atoms with Gasteiger partial charge < -0.3 is 14.8 Å². The zero-order valence-electron chi connectivity index (χ0n) is 17.2. The molecule has 1 N–H and O–H groups in total. The second-order valence-electron chi connectivity index (χ2n) is 6.91. The third-order valence-electron chi connectivity index (χ3n) is 4.97. The van der Waals surface area contributed by atoms with Gasteiger partial charge in [0.05, 0.1) is 25.6 Å². The van der Waals surface area contributed by atoms with Crippen LogP contribution in [0.5, 0.6) is 11.5 Å². The Morgan fingerprint density at radius 3 is 2.17 bits per heavy atom. The van der Waals surface area contributed by atoms with Gasteiger partial charge in [0.25, 0.3) is 0 Å². The molecule has 0 saturated carbocycles. The van der Waals surface area contributed by atoms with E-state index in [4.69, 9.17) is 14.6 Å². The van der Waals surface area contributed by atoms with Crippen molar-refractivity contribution < 1.29 is 9.47 Å². The van der Waals surface area contributed by atoms with E-state index in [0.29, 0.717) is 13.1 Å². The normalized spacial score (nSPS) is 10.7. The van der Waals surface area contributed by atoms with Gasteiger partial charge in [0, 0.05) is 36.0 Å². The highest BCUT2D eigenvalue weighted by Crippen LogP contribution is 2.30. The zero-order chi connectivity index (χ0) is 20.8. The van der Waals surface area contributed by atoms with Crippen molar-refractivity contribution in [2.75, 3.05) is 14.2 Å². The van der Waals surface area contributed by atoms with Gasteiger partial charge in [0.15, 0.2) is 11.5 Å². The molecule has 0 fully saturated rings.